The summed E-state index contributed by atoms with van der Waals surface area (Å²) in [5, 5.41) is 2.75. The maximum absolute atomic E-state index is 12.0. The van der Waals surface area contributed by atoms with Gasteiger partial charge in [0.25, 0.3) is 0 Å². The predicted octanol–water partition coefficient (Wildman–Crippen LogP) is 0.827. The second kappa shape index (κ2) is 11.0. The molecule has 0 aliphatic rings. The molecule has 0 unspecified atom stereocenters. The van der Waals surface area contributed by atoms with Crippen LogP contribution in [0.1, 0.15) is 33.6 Å². The van der Waals surface area contributed by atoms with Gasteiger partial charge in [-0.05, 0) is 32.9 Å². The van der Waals surface area contributed by atoms with Crippen LogP contribution in [-0.2, 0) is 14.4 Å². The zero-order valence-electron chi connectivity index (χ0n) is 14.4. The van der Waals surface area contributed by atoms with E-state index in [0.717, 1.165) is 24.7 Å². The van der Waals surface area contributed by atoms with E-state index in [9.17, 15) is 14.4 Å². The Morgan fingerprint density at radius 1 is 1.18 bits per heavy atom. The van der Waals surface area contributed by atoms with E-state index >= 15 is 0 Å². The van der Waals surface area contributed by atoms with Crippen LogP contribution >= 0.6 is 0 Å². The van der Waals surface area contributed by atoms with Gasteiger partial charge >= 0.3 is 0 Å². The van der Waals surface area contributed by atoms with Crippen molar-refractivity contribution in [3.05, 3.63) is 11.6 Å². The number of allylic oxidation sites excluding steroid dienone is 1. The van der Waals surface area contributed by atoms with E-state index in [-0.39, 0.29) is 30.9 Å². The number of likely N-dealkylation sites (N-methyl/N-ethyl adjacent to an activating group) is 2. The third kappa shape index (κ3) is 9.28. The summed E-state index contributed by atoms with van der Waals surface area (Å²) in [6.45, 7) is 6.56. The molecule has 6 heteroatoms. The smallest absolute Gasteiger partial charge is 0.239 e. The van der Waals surface area contributed by atoms with Gasteiger partial charge in [-0.2, -0.15) is 0 Å². The highest BCUT2D eigenvalue weighted by Crippen LogP contribution is 2.01. The van der Waals surface area contributed by atoms with Crippen LogP contribution in [0.4, 0.5) is 0 Å². The third-order valence-corrected chi connectivity index (χ3v) is 3.02. The Bertz CT molecular complexity index is 405. The summed E-state index contributed by atoms with van der Waals surface area (Å²) in [5.74, 6) is -0.294. The average molecular weight is 311 g/mol. The van der Waals surface area contributed by atoms with Crippen molar-refractivity contribution in [2.45, 2.75) is 39.7 Å². The van der Waals surface area contributed by atoms with Crippen LogP contribution in [0.3, 0.4) is 0 Å². The molecule has 0 aromatic carbocycles. The molecule has 0 radical (unpaired) electrons. The minimum atomic E-state index is -0.167. The van der Waals surface area contributed by atoms with Gasteiger partial charge in [0.15, 0.2) is 0 Å². The molecule has 0 saturated heterocycles. The molecule has 0 bridgehead atoms. The number of rotatable bonds is 10. The van der Waals surface area contributed by atoms with Gasteiger partial charge in [0.2, 0.25) is 11.8 Å². The Morgan fingerprint density at radius 3 is 2.32 bits per heavy atom. The first-order valence-electron chi connectivity index (χ1n) is 7.66. The molecule has 0 atom stereocenters. The molecule has 0 aliphatic heterocycles. The van der Waals surface area contributed by atoms with Crippen LogP contribution in [0.2, 0.25) is 0 Å². The van der Waals surface area contributed by atoms with Gasteiger partial charge in [-0.1, -0.05) is 19.4 Å². The van der Waals surface area contributed by atoms with Crippen LogP contribution < -0.4 is 5.32 Å². The maximum Gasteiger partial charge on any atom is 0.239 e. The van der Waals surface area contributed by atoms with Gasteiger partial charge in [-0.3, -0.25) is 19.3 Å². The molecule has 0 aliphatic carbocycles. The second-order valence-electron chi connectivity index (χ2n) is 5.82. The summed E-state index contributed by atoms with van der Waals surface area (Å²) in [5.41, 5.74) is 0.756. The lowest BCUT2D eigenvalue weighted by atomic mass is 10.1. The molecule has 6 nitrogen and oxygen atoms in total. The third-order valence-electron chi connectivity index (χ3n) is 3.02. The van der Waals surface area contributed by atoms with Gasteiger partial charge in [0.05, 0.1) is 13.1 Å². The van der Waals surface area contributed by atoms with Crippen molar-refractivity contribution < 1.29 is 14.4 Å². The summed E-state index contributed by atoms with van der Waals surface area (Å²) in [6, 6.07) is 0.0594. The fourth-order valence-corrected chi connectivity index (χ4v) is 1.86. The number of carbonyl (C=O) groups is 3. The highest BCUT2D eigenvalue weighted by atomic mass is 16.2. The largest absolute Gasteiger partial charge is 0.352 e. The molecule has 0 rings (SSSR count). The summed E-state index contributed by atoms with van der Waals surface area (Å²) < 4.78 is 0. The maximum atomic E-state index is 12.0. The summed E-state index contributed by atoms with van der Waals surface area (Å²) in [4.78, 5) is 37.7. The highest BCUT2D eigenvalue weighted by molar-refractivity contribution is 5.85. The molecule has 126 valence electrons. The SMILES string of the molecule is CCC/C(C=O)=C/CN(C)CC(=O)N(C)CC(=O)NC(C)C. The fraction of sp³-hybridized carbons (Fsp3) is 0.688. The van der Waals surface area contributed by atoms with Gasteiger partial charge < -0.3 is 10.2 Å². The van der Waals surface area contributed by atoms with Gasteiger partial charge in [0, 0.05) is 19.6 Å². The van der Waals surface area contributed by atoms with Gasteiger partial charge in [-0.15, -0.1) is 0 Å². The number of hydrogen-bond donors (Lipinski definition) is 1. The van der Waals surface area contributed by atoms with E-state index in [1.54, 1.807) is 7.05 Å². The quantitative estimate of drug-likeness (QED) is 0.479. The Labute approximate surface area is 133 Å². The Balaban J connectivity index is 4.28. The van der Waals surface area contributed by atoms with Crippen molar-refractivity contribution in [3.8, 4) is 0 Å². The molecule has 0 aromatic heterocycles. The van der Waals surface area contributed by atoms with E-state index in [4.69, 9.17) is 0 Å². The number of carbonyl (C=O) groups excluding carboxylic acids is 3. The van der Waals surface area contributed by atoms with E-state index in [0.29, 0.717) is 6.54 Å². The van der Waals surface area contributed by atoms with Crippen molar-refractivity contribution in [2.75, 3.05) is 33.7 Å². The predicted molar refractivity (Wildman–Crippen MR) is 87.5 cm³/mol. The van der Waals surface area contributed by atoms with Gasteiger partial charge in [-0.25, -0.2) is 0 Å². The lowest BCUT2D eigenvalue weighted by Crippen LogP contribution is -2.43. The summed E-state index contributed by atoms with van der Waals surface area (Å²) in [7, 11) is 3.42. The van der Waals surface area contributed by atoms with Crippen molar-refractivity contribution in [1.82, 2.24) is 15.1 Å². The Morgan fingerprint density at radius 2 is 1.82 bits per heavy atom. The van der Waals surface area contributed by atoms with E-state index in [1.165, 1.54) is 4.90 Å². The Kier molecular flexibility index (Phi) is 10.1. The topological polar surface area (TPSA) is 69.7 Å². The van der Waals surface area contributed by atoms with Crippen molar-refractivity contribution in [1.29, 1.82) is 0 Å². The van der Waals surface area contributed by atoms with E-state index in [2.05, 4.69) is 5.32 Å². The second-order valence-corrected chi connectivity index (χ2v) is 5.82. The minimum Gasteiger partial charge on any atom is -0.352 e. The standard InChI is InChI=1S/C16H29N3O3/c1-6-7-14(12-20)8-9-18(4)11-16(22)19(5)10-15(21)17-13(2)3/h8,12-13H,6-7,9-11H2,1-5H3,(H,17,21)/b14-8-. The van der Waals surface area contributed by atoms with Crippen LogP contribution in [0.15, 0.2) is 11.6 Å². The van der Waals surface area contributed by atoms with Gasteiger partial charge in [0.1, 0.15) is 6.29 Å². The molecular weight excluding hydrogens is 282 g/mol. The molecule has 0 saturated carbocycles. The first kappa shape index (κ1) is 20.3. The molecule has 2 amide bonds. The first-order chi connectivity index (χ1) is 10.3. The monoisotopic (exact) mass is 311 g/mol. The van der Waals surface area contributed by atoms with Crippen LogP contribution in [0.25, 0.3) is 0 Å². The van der Waals surface area contributed by atoms with Crippen LogP contribution in [0, 0.1) is 0 Å². The summed E-state index contributed by atoms with van der Waals surface area (Å²) >= 11 is 0. The van der Waals surface area contributed by atoms with Crippen LogP contribution in [0.5, 0.6) is 0 Å². The minimum absolute atomic E-state index is 0.0517. The number of hydrogen-bond acceptors (Lipinski definition) is 4. The molecule has 0 fully saturated rings. The zero-order valence-corrected chi connectivity index (χ0v) is 14.4. The van der Waals surface area contributed by atoms with E-state index in [1.807, 2.05) is 38.8 Å². The lowest BCUT2D eigenvalue weighted by molar-refractivity contribution is -0.135. The molecule has 0 aromatic rings. The van der Waals surface area contributed by atoms with Crippen molar-refractivity contribution in [2.24, 2.45) is 0 Å². The highest BCUT2D eigenvalue weighted by Gasteiger charge is 2.14. The molecule has 1 N–H and O–H groups in total. The molecular formula is C16H29N3O3. The van der Waals surface area contributed by atoms with Crippen molar-refractivity contribution in [3.63, 3.8) is 0 Å². The Hall–Kier alpha value is -1.69. The number of nitrogens with one attached hydrogen (secondary N) is 1. The van der Waals surface area contributed by atoms with E-state index < -0.39 is 0 Å². The number of aldehydes is 1. The normalized spacial score (nSPS) is 11.7. The number of nitrogens with zero attached hydrogens (tertiary/aromatic N) is 2. The average Bonchev–Trinajstić information content (AvgIpc) is 2.42. The molecule has 0 spiro atoms. The lowest BCUT2D eigenvalue weighted by Gasteiger charge is -2.21. The first-order valence-corrected chi connectivity index (χ1v) is 7.66. The fourth-order valence-electron chi connectivity index (χ4n) is 1.86. The summed E-state index contributed by atoms with van der Waals surface area (Å²) in [6.07, 6.45) is 4.37. The van der Waals surface area contributed by atoms with Crippen LogP contribution in [-0.4, -0.2) is 67.7 Å². The zero-order chi connectivity index (χ0) is 17.1. The van der Waals surface area contributed by atoms with Crippen molar-refractivity contribution >= 4 is 18.1 Å². The molecule has 0 heterocycles. The molecule has 22 heavy (non-hydrogen) atoms. The number of amides is 2.